The number of nitrogens with one attached hydrogen (secondary N) is 2. The highest BCUT2D eigenvalue weighted by atomic mass is 16.5. The van der Waals surface area contributed by atoms with Crippen LogP contribution in [-0.2, 0) is 4.74 Å². The average molecular weight is 326 g/mol. The Morgan fingerprint density at radius 2 is 2.12 bits per heavy atom. The summed E-state index contributed by atoms with van der Waals surface area (Å²) in [5, 5.41) is 7.14. The third kappa shape index (κ3) is 3.85. The number of nitrogens with zero attached hydrogens (tertiary/aromatic N) is 2. The summed E-state index contributed by atoms with van der Waals surface area (Å²) in [6.45, 7) is 8.02. The van der Waals surface area contributed by atoms with Crippen LogP contribution in [0, 0.1) is 0 Å². The third-order valence-corrected chi connectivity index (χ3v) is 4.48. The number of ether oxygens (including phenoxy) is 1. The van der Waals surface area contributed by atoms with E-state index >= 15 is 0 Å². The fourth-order valence-electron chi connectivity index (χ4n) is 2.75. The molecule has 0 aromatic carbocycles. The van der Waals surface area contributed by atoms with Crippen LogP contribution in [0.25, 0.3) is 11.4 Å². The summed E-state index contributed by atoms with van der Waals surface area (Å²) in [6, 6.07) is 10.4. The standard InChI is InChI=1S/C19H26N4O/c1-4-14(2)21-17-9-8-16(15-7-5-6-11-20-15)22-18(17)23-19(3)10-12-24-13-19/h5-9,11,14,21H,4,10,12-13H2,1-3H3,(H,22,23). The molecule has 0 spiro atoms. The zero-order valence-corrected chi connectivity index (χ0v) is 14.7. The molecule has 2 N–H and O–H groups in total. The normalized spacial score (nSPS) is 21.5. The van der Waals surface area contributed by atoms with Gasteiger partial charge in [0.1, 0.15) is 0 Å². The lowest BCUT2D eigenvalue weighted by Crippen LogP contribution is -2.36. The lowest BCUT2D eigenvalue weighted by molar-refractivity contribution is 0.185. The predicted octanol–water partition coefficient (Wildman–Crippen LogP) is 3.94. The maximum absolute atomic E-state index is 5.57. The summed E-state index contributed by atoms with van der Waals surface area (Å²) in [5.74, 6) is 0.867. The molecule has 5 heteroatoms. The zero-order valence-electron chi connectivity index (χ0n) is 14.7. The molecule has 0 saturated carbocycles. The highest BCUT2D eigenvalue weighted by Gasteiger charge is 2.30. The van der Waals surface area contributed by atoms with Crippen LogP contribution >= 0.6 is 0 Å². The van der Waals surface area contributed by atoms with Crippen molar-refractivity contribution in [1.82, 2.24) is 9.97 Å². The van der Waals surface area contributed by atoms with Crippen molar-refractivity contribution >= 4 is 11.5 Å². The van der Waals surface area contributed by atoms with Crippen molar-refractivity contribution in [2.24, 2.45) is 0 Å². The molecular weight excluding hydrogens is 300 g/mol. The minimum absolute atomic E-state index is 0.0817. The molecule has 0 radical (unpaired) electrons. The topological polar surface area (TPSA) is 59.1 Å². The Balaban J connectivity index is 1.93. The van der Waals surface area contributed by atoms with E-state index in [4.69, 9.17) is 9.72 Å². The molecule has 0 bridgehead atoms. The van der Waals surface area contributed by atoms with Crippen LogP contribution in [0.4, 0.5) is 11.5 Å². The first kappa shape index (κ1) is 16.7. The lowest BCUT2D eigenvalue weighted by Gasteiger charge is -2.27. The van der Waals surface area contributed by atoms with Crippen molar-refractivity contribution in [2.45, 2.75) is 45.2 Å². The van der Waals surface area contributed by atoms with Gasteiger partial charge in [0.2, 0.25) is 0 Å². The van der Waals surface area contributed by atoms with E-state index in [0.717, 1.165) is 42.3 Å². The first-order valence-electron chi connectivity index (χ1n) is 8.64. The Bertz CT molecular complexity index is 668. The van der Waals surface area contributed by atoms with E-state index in [0.29, 0.717) is 12.6 Å². The van der Waals surface area contributed by atoms with Crippen LogP contribution in [0.5, 0.6) is 0 Å². The molecule has 0 amide bonds. The van der Waals surface area contributed by atoms with E-state index in [2.05, 4.69) is 42.5 Å². The zero-order chi connectivity index (χ0) is 17.0. The van der Waals surface area contributed by atoms with E-state index in [9.17, 15) is 0 Å². The summed E-state index contributed by atoms with van der Waals surface area (Å²) in [5.41, 5.74) is 2.69. The molecule has 1 aliphatic heterocycles. The molecule has 1 aliphatic rings. The van der Waals surface area contributed by atoms with E-state index in [1.807, 2.05) is 24.3 Å². The Kier molecular flexibility index (Phi) is 5.00. The number of anilines is 2. The molecule has 1 fully saturated rings. The van der Waals surface area contributed by atoms with Gasteiger partial charge in [0.15, 0.2) is 5.82 Å². The van der Waals surface area contributed by atoms with E-state index < -0.39 is 0 Å². The molecule has 5 nitrogen and oxygen atoms in total. The number of rotatable bonds is 6. The van der Waals surface area contributed by atoms with Gasteiger partial charge in [-0.25, -0.2) is 4.98 Å². The van der Waals surface area contributed by atoms with Gasteiger partial charge in [0.05, 0.1) is 29.2 Å². The first-order valence-corrected chi connectivity index (χ1v) is 8.64. The van der Waals surface area contributed by atoms with E-state index in [-0.39, 0.29) is 5.54 Å². The van der Waals surface area contributed by atoms with E-state index in [1.165, 1.54) is 0 Å². The van der Waals surface area contributed by atoms with Crippen LogP contribution in [0.2, 0.25) is 0 Å². The van der Waals surface area contributed by atoms with Crippen molar-refractivity contribution in [3.05, 3.63) is 36.5 Å². The Morgan fingerprint density at radius 1 is 1.25 bits per heavy atom. The molecular formula is C19H26N4O. The number of hydrogen-bond donors (Lipinski definition) is 2. The molecule has 3 rings (SSSR count). The Morgan fingerprint density at radius 3 is 2.79 bits per heavy atom. The molecule has 2 aromatic rings. The average Bonchev–Trinajstić information content (AvgIpc) is 3.03. The third-order valence-electron chi connectivity index (χ3n) is 4.48. The summed E-state index contributed by atoms with van der Waals surface area (Å²) in [6.07, 6.45) is 3.83. The van der Waals surface area contributed by atoms with Gasteiger partial charge in [-0.2, -0.15) is 0 Å². The van der Waals surface area contributed by atoms with Crippen molar-refractivity contribution < 1.29 is 4.74 Å². The Hall–Kier alpha value is -2.14. The molecule has 128 valence electrons. The number of pyridine rings is 2. The monoisotopic (exact) mass is 326 g/mol. The number of aromatic nitrogens is 2. The number of hydrogen-bond acceptors (Lipinski definition) is 5. The second-order valence-corrected chi connectivity index (χ2v) is 6.75. The second-order valence-electron chi connectivity index (χ2n) is 6.75. The van der Waals surface area contributed by atoms with Crippen molar-refractivity contribution in [3.63, 3.8) is 0 Å². The predicted molar refractivity (Wildman–Crippen MR) is 98.3 cm³/mol. The van der Waals surface area contributed by atoms with Gasteiger partial charge in [-0.15, -0.1) is 0 Å². The highest BCUT2D eigenvalue weighted by Crippen LogP contribution is 2.30. The van der Waals surface area contributed by atoms with Gasteiger partial charge in [0.25, 0.3) is 0 Å². The lowest BCUT2D eigenvalue weighted by atomic mass is 10.0. The molecule has 0 aliphatic carbocycles. The minimum atomic E-state index is -0.0817. The SMILES string of the molecule is CCC(C)Nc1ccc(-c2ccccn2)nc1NC1(C)CCOC1. The van der Waals surface area contributed by atoms with Gasteiger partial charge in [-0.1, -0.05) is 13.0 Å². The molecule has 2 aromatic heterocycles. The Labute approximate surface area is 143 Å². The summed E-state index contributed by atoms with van der Waals surface area (Å²) in [7, 11) is 0. The van der Waals surface area contributed by atoms with Gasteiger partial charge in [-0.05, 0) is 51.0 Å². The first-order chi connectivity index (χ1) is 11.6. The maximum Gasteiger partial charge on any atom is 0.150 e. The van der Waals surface area contributed by atoms with Crippen LogP contribution in [0.3, 0.4) is 0 Å². The van der Waals surface area contributed by atoms with Crippen LogP contribution in [0.1, 0.15) is 33.6 Å². The van der Waals surface area contributed by atoms with Crippen LogP contribution in [0.15, 0.2) is 36.5 Å². The van der Waals surface area contributed by atoms with Crippen LogP contribution in [-0.4, -0.2) is 34.8 Å². The van der Waals surface area contributed by atoms with Crippen molar-refractivity contribution in [2.75, 3.05) is 23.8 Å². The molecule has 24 heavy (non-hydrogen) atoms. The fraction of sp³-hybridized carbons (Fsp3) is 0.474. The van der Waals surface area contributed by atoms with Gasteiger partial charge in [-0.3, -0.25) is 4.98 Å². The van der Waals surface area contributed by atoms with Gasteiger partial charge in [0, 0.05) is 18.8 Å². The molecule has 1 saturated heterocycles. The van der Waals surface area contributed by atoms with E-state index in [1.54, 1.807) is 6.20 Å². The molecule has 3 heterocycles. The summed E-state index contributed by atoms with van der Waals surface area (Å²) >= 11 is 0. The smallest absolute Gasteiger partial charge is 0.150 e. The fourth-order valence-corrected chi connectivity index (χ4v) is 2.75. The maximum atomic E-state index is 5.57. The van der Waals surface area contributed by atoms with Crippen molar-refractivity contribution in [1.29, 1.82) is 0 Å². The minimum Gasteiger partial charge on any atom is -0.380 e. The molecule has 2 unspecified atom stereocenters. The molecule has 2 atom stereocenters. The van der Waals surface area contributed by atoms with Gasteiger partial charge >= 0.3 is 0 Å². The summed E-state index contributed by atoms with van der Waals surface area (Å²) < 4.78 is 5.57. The summed E-state index contributed by atoms with van der Waals surface area (Å²) in [4.78, 5) is 9.26. The highest BCUT2D eigenvalue weighted by molar-refractivity contribution is 5.70. The second kappa shape index (κ2) is 7.18. The van der Waals surface area contributed by atoms with Crippen molar-refractivity contribution in [3.8, 4) is 11.4 Å². The van der Waals surface area contributed by atoms with Gasteiger partial charge < -0.3 is 15.4 Å². The largest absolute Gasteiger partial charge is 0.380 e. The quantitative estimate of drug-likeness (QED) is 0.842. The van der Waals surface area contributed by atoms with Crippen LogP contribution < -0.4 is 10.6 Å².